The van der Waals surface area contributed by atoms with Gasteiger partial charge in [0, 0.05) is 49.6 Å². The predicted octanol–water partition coefficient (Wildman–Crippen LogP) is 2.90. The predicted molar refractivity (Wildman–Crippen MR) is 92.5 cm³/mol. The molecule has 1 unspecified atom stereocenters. The summed E-state index contributed by atoms with van der Waals surface area (Å²) in [5, 5.41) is 4.35. The fourth-order valence-electron chi connectivity index (χ4n) is 2.89. The smallest absolute Gasteiger partial charge is 0.0594 e. The Morgan fingerprint density at radius 2 is 1.78 bits per heavy atom. The van der Waals surface area contributed by atoms with E-state index in [1.165, 1.54) is 11.1 Å². The quantitative estimate of drug-likeness (QED) is 0.883. The zero-order valence-electron chi connectivity index (χ0n) is 13.1. The van der Waals surface area contributed by atoms with Crippen LogP contribution in [0.2, 0.25) is 5.02 Å². The third-order valence-electron chi connectivity index (χ3n) is 4.16. The van der Waals surface area contributed by atoms with E-state index in [9.17, 15) is 0 Å². The highest BCUT2D eigenvalue weighted by atomic mass is 35.5. The summed E-state index contributed by atoms with van der Waals surface area (Å²) in [6.45, 7) is 5.26. The molecule has 2 aromatic rings. The first kappa shape index (κ1) is 16.4. The molecule has 1 aromatic heterocycles. The molecule has 1 N–H and O–H groups in total. The van der Waals surface area contributed by atoms with Crippen molar-refractivity contribution in [1.29, 1.82) is 0 Å². The zero-order valence-corrected chi connectivity index (χ0v) is 13.9. The van der Waals surface area contributed by atoms with Crippen molar-refractivity contribution in [3.63, 3.8) is 0 Å². The van der Waals surface area contributed by atoms with E-state index >= 15 is 0 Å². The number of halogens is 1. The number of hydrogen-bond acceptors (Lipinski definition) is 4. The van der Waals surface area contributed by atoms with Crippen molar-refractivity contribution < 1.29 is 4.74 Å². The molecule has 1 saturated heterocycles. The van der Waals surface area contributed by atoms with Crippen molar-refractivity contribution in [1.82, 2.24) is 15.2 Å². The second kappa shape index (κ2) is 8.41. The number of hydrogen-bond donors (Lipinski definition) is 1. The molecule has 5 heteroatoms. The van der Waals surface area contributed by atoms with Gasteiger partial charge in [-0.2, -0.15) is 0 Å². The fraction of sp³-hybridized carbons (Fsp3) is 0.389. The number of rotatable bonds is 6. The van der Waals surface area contributed by atoms with Gasteiger partial charge in [-0.1, -0.05) is 23.7 Å². The Bertz CT molecular complexity index is 585. The van der Waals surface area contributed by atoms with Crippen LogP contribution >= 0.6 is 11.6 Å². The van der Waals surface area contributed by atoms with E-state index in [-0.39, 0.29) is 0 Å². The van der Waals surface area contributed by atoms with Crippen LogP contribution in [0.15, 0.2) is 48.8 Å². The lowest BCUT2D eigenvalue weighted by molar-refractivity contribution is 0.0161. The average Bonchev–Trinajstić information content (AvgIpc) is 2.61. The Labute approximate surface area is 142 Å². The Balaban J connectivity index is 1.65. The lowest BCUT2D eigenvalue weighted by Crippen LogP contribution is -2.42. The highest BCUT2D eigenvalue weighted by Crippen LogP contribution is 2.23. The van der Waals surface area contributed by atoms with Crippen LogP contribution in [0.3, 0.4) is 0 Å². The third-order valence-corrected chi connectivity index (χ3v) is 4.41. The molecule has 1 atom stereocenters. The standard InChI is InChI=1S/C18H22ClN3O/c19-17-3-1-16(2-4-17)18(22-9-11-23-12-10-22)14-21-13-15-5-7-20-8-6-15/h1-8,18,21H,9-14H2. The molecule has 23 heavy (non-hydrogen) atoms. The number of pyridine rings is 1. The SMILES string of the molecule is Clc1ccc(C(CNCc2ccncc2)N2CCOCC2)cc1. The molecular formula is C18H22ClN3O. The topological polar surface area (TPSA) is 37.4 Å². The van der Waals surface area contributed by atoms with E-state index < -0.39 is 0 Å². The third kappa shape index (κ3) is 4.75. The molecule has 0 aliphatic carbocycles. The van der Waals surface area contributed by atoms with Crippen LogP contribution in [0, 0.1) is 0 Å². The minimum absolute atomic E-state index is 0.331. The van der Waals surface area contributed by atoms with Gasteiger partial charge in [-0.3, -0.25) is 9.88 Å². The molecule has 0 bridgehead atoms. The summed E-state index contributed by atoms with van der Waals surface area (Å²) in [6, 6.07) is 12.6. The van der Waals surface area contributed by atoms with Crippen LogP contribution < -0.4 is 5.32 Å². The van der Waals surface area contributed by atoms with E-state index in [0.717, 1.165) is 44.4 Å². The highest BCUT2D eigenvalue weighted by Gasteiger charge is 2.22. The minimum Gasteiger partial charge on any atom is -0.379 e. The minimum atomic E-state index is 0.331. The normalized spacial score (nSPS) is 17.1. The van der Waals surface area contributed by atoms with Crippen LogP contribution in [0.25, 0.3) is 0 Å². The maximum atomic E-state index is 6.03. The molecule has 2 heterocycles. The molecule has 0 spiro atoms. The van der Waals surface area contributed by atoms with Crippen LogP contribution in [-0.2, 0) is 11.3 Å². The molecule has 4 nitrogen and oxygen atoms in total. The molecule has 1 fully saturated rings. The van der Waals surface area contributed by atoms with Crippen molar-refractivity contribution in [2.75, 3.05) is 32.8 Å². The van der Waals surface area contributed by atoms with E-state index in [2.05, 4.69) is 27.3 Å². The van der Waals surface area contributed by atoms with Crippen LogP contribution in [-0.4, -0.2) is 42.7 Å². The monoisotopic (exact) mass is 331 g/mol. The van der Waals surface area contributed by atoms with E-state index in [1.807, 2.05) is 36.7 Å². The zero-order chi connectivity index (χ0) is 15.9. The fourth-order valence-corrected chi connectivity index (χ4v) is 3.01. The van der Waals surface area contributed by atoms with E-state index in [4.69, 9.17) is 16.3 Å². The Hall–Kier alpha value is -1.46. The first-order valence-electron chi connectivity index (χ1n) is 8.00. The van der Waals surface area contributed by atoms with Gasteiger partial charge in [-0.05, 0) is 35.4 Å². The van der Waals surface area contributed by atoms with Gasteiger partial charge in [0.2, 0.25) is 0 Å². The van der Waals surface area contributed by atoms with E-state index in [0.29, 0.717) is 6.04 Å². The summed E-state index contributed by atoms with van der Waals surface area (Å²) in [6.07, 6.45) is 3.66. The van der Waals surface area contributed by atoms with Gasteiger partial charge in [-0.15, -0.1) is 0 Å². The lowest BCUT2D eigenvalue weighted by atomic mass is 10.0. The summed E-state index contributed by atoms with van der Waals surface area (Å²) < 4.78 is 5.49. The molecule has 1 aliphatic heterocycles. The molecule has 1 aliphatic rings. The number of ether oxygens (including phenoxy) is 1. The van der Waals surface area contributed by atoms with Crippen LogP contribution in [0.4, 0.5) is 0 Å². The first-order chi connectivity index (χ1) is 11.3. The van der Waals surface area contributed by atoms with Crippen LogP contribution in [0.1, 0.15) is 17.2 Å². The maximum Gasteiger partial charge on any atom is 0.0594 e. The second-order valence-corrected chi connectivity index (χ2v) is 6.14. The van der Waals surface area contributed by atoms with Gasteiger partial charge < -0.3 is 10.1 Å². The summed E-state index contributed by atoms with van der Waals surface area (Å²) in [4.78, 5) is 6.53. The molecule has 1 aromatic carbocycles. The number of nitrogens with zero attached hydrogens (tertiary/aromatic N) is 2. The number of benzene rings is 1. The molecule has 0 amide bonds. The van der Waals surface area contributed by atoms with Crippen molar-refractivity contribution in [3.8, 4) is 0 Å². The summed E-state index contributed by atoms with van der Waals surface area (Å²) in [7, 11) is 0. The van der Waals surface area contributed by atoms with Crippen molar-refractivity contribution in [2.24, 2.45) is 0 Å². The second-order valence-electron chi connectivity index (χ2n) is 5.70. The van der Waals surface area contributed by atoms with Gasteiger partial charge in [0.1, 0.15) is 0 Å². The Kier molecular flexibility index (Phi) is 6.00. The Morgan fingerprint density at radius 3 is 2.48 bits per heavy atom. The van der Waals surface area contributed by atoms with Crippen molar-refractivity contribution in [3.05, 3.63) is 64.9 Å². The molecule has 122 valence electrons. The maximum absolute atomic E-state index is 6.03. The van der Waals surface area contributed by atoms with Gasteiger partial charge >= 0.3 is 0 Å². The molecular weight excluding hydrogens is 310 g/mol. The average molecular weight is 332 g/mol. The van der Waals surface area contributed by atoms with Crippen molar-refractivity contribution >= 4 is 11.6 Å². The number of aromatic nitrogens is 1. The first-order valence-corrected chi connectivity index (χ1v) is 8.37. The number of nitrogens with one attached hydrogen (secondary N) is 1. The summed E-state index contributed by atoms with van der Waals surface area (Å²) in [5.41, 5.74) is 2.54. The molecule has 3 rings (SSSR count). The Morgan fingerprint density at radius 1 is 1.09 bits per heavy atom. The van der Waals surface area contributed by atoms with Gasteiger partial charge in [0.15, 0.2) is 0 Å². The van der Waals surface area contributed by atoms with Gasteiger partial charge in [-0.25, -0.2) is 0 Å². The van der Waals surface area contributed by atoms with Crippen LogP contribution in [0.5, 0.6) is 0 Å². The largest absolute Gasteiger partial charge is 0.379 e. The highest BCUT2D eigenvalue weighted by molar-refractivity contribution is 6.30. The molecule has 0 saturated carbocycles. The molecule has 0 radical (unpaired) electrons. The summed E-state index contributed by atoms with van der Waals surface area (Å²) >= 11 is 6.03. The number of morpholine rings is 1. The summed E-state index contributed by atoms with van der Waals surface area (Å²) in [5.74, 6) is 0. The van der Waals surface area contributed by atoms with E-state index in [1.54, 1.807) is 0 Å². The lowest BCUT2D eigenvalue weighted by Gasteiger charge is -2.35. The van der Waals surface area contributed by atoms with Crippen molar-refractivity contribution in [2.45, 2.75) is 12.6 Å². The van der Waals surface area contributed by atoms with Gasteiger partial charge in [0.25, 0.3) is 0 Å². The van der Waals surface area contributed by atoms with Gasteiger partial charge in [0.05, 0.1) is 13.2 Å².